The molecule has 3 heteroatoms. The summed E-state index contributed by atoms with van der Waals surface area (Å²) < 4.78 is 5.07. The fraction of sp³-hybridized carbons (Fsp3) is 0.833. The quantitative estimate of drug-likeness (QED) is 0.620. The predicted octanol–water partition coefficient (Wildman–Crippen LogP) is 1.80. The molecule has 1 aliphatic heterocycles. The number of carbonyl (C=O) groups excluding carboxylic acids is 2. The maximum absolute atomic E-state index is 11.7. The number of ether oxygens (including phenoxy) is 1. The van der Waals surface area contributed by atoms with Crippen LogP contribution < -0.4 is 0 Å². The molecule has 0 spiro atoms. The van der Waals surface area contributed by atoms with E-state index >= 15 is 0 Å². The first-order valence-corrected chi connectivity index (χ1v) is 5.63. The number of Topliss-reactive ketones (excluding diaryl/α,β-unsaturated/α-hetero) is 1. The highest BCUT2D eigenvalue weighted by molar-refractivity contribution is 5.84. The van der Waals surface area contributed by atoms with Crippen LogP contribution in [0.3, 0.4) is 0 Å². The molecule has 2 fully saturated rings. The summed E-state index contributed by atoms with van der Waals surface area (Å²) in [4.78, 5) is 23.2. The summed E-state index contributed by atoms with van der Waals surface area (Å²) in [6.45, 7) is 6.29. The van der Waals surface area contributed by atoms with Crippen molar-refractivity contribution in [2.24, 2.45) is 23.2 Å². The highest BCUT2D eigenvalue weighted by Crippen LogP contribution is 2.49. The number of fused-ring (bicyclic) bond motifs is 1. The van der Waals surface area contributed by atoms with Gasteiger partial charge < -0.3 is 4.74 Å². The molecule has 1 saturated heterocycles. The van der Waals surface area contributed by atoms with Crippen LogP contribution in [0.5, 0.6) is 0 Å². The third-order valence-corrected chi connectivity index (χ3v) is 4.50. The van der Waals surface area contributed by atoms with E-state index in [1.54, 1.807) is 6.92 Å². The zero-order valence-corrected chi connectivity index (χ0v) is 9.58. The van der Waals surface area contributed by atoms with E-state index in [0.29, 0.717) is 24.9 Å². The van der Waals surface area contributed by atoms with Crippen molar-refractivity contribution < 1.29 is 14.3 Å². The van der Waals surface area contributed by atoms with Gasteiger partial charge in [0.15, 0.2) is 0 Å². The SMILES string of the molecule is CC(=O)C1(C)CC2C(=O)OCC2CC1C. The number of carbonyl (C=O) groups is 2. The second kappa shape index (κ2) is 3.32. The lowest BCUT2D eigenvalue weighted by Crippen LogP contribution is -2.43. The minimum absolute atomic E-state index is 0.0323. The van der Waals surface area contributed by atoms with E-state index in [-0.39, 0.29) is 23.1 Å². The molecular weight excluding hydrogens is 192 g/mol. The minimum Gasteiger partial charge on any atom is -0.465 e. The van der Waals surface area contributed by atoms with Crippen molar-refractivity contribution in [3.05, 3.63) is 0 Å². The second-order valence-corrected chi connectivity index (χ2v) is 5.31. The van der Waals surface area contributed by atoms with E-state index < -0.39 is 0 Å². The lowest BCUT2D eigenvalue weighted by atomic mass is 9.60. The molecule has 15 heavy (non-hydrogen) atoms. The number of esters is 1. The molecule has 2 aliphatic rings. The molecule has 0 aromatic carbocycles. The Bertz CT molecular complexity index is 310. The fourth-order valence-corrected chi connectivity index (χ4v) is 2.95. The van der Waals surface area contributed by atoms with E-state index in [0.717, 1.165) is 6.42 Å². The van der Waals surface area contributed by atoms with Crippen LogP contribution in [0.25, 0.3) is 0 Å². The van der Waals surface area contributed by atoms with Gasteiger partial charge in [-0.3, -0.25) is 9.59 Å². The van der Waals surface area contributed by atoms with E-state index in [4.69, 9.17) is 4.74 Å². The molecule has 0 amide bonds. The molecule has 0 N–H and O–H groups in total. The maximum atomic E-state index is 11.7. The summed E-state index contributed by atoms with van der Waals surface area (Å²) in [5.41, 5.74) is -0.329. The first-order valence-electron chi connectivity index (χ1n) is 5.63. The number of hydrogen-bond acceptors (Lipinski definition) is 3. The van der Waals surface area contributed by atoms with Crippen LogP contribution in [-0.2, 0) is 14.3 Å². The molecule has 84 valence electrons. The Morgan fingerprint density at radius 2 is 2.20 bits per heavy atom. The lowest BCUT2D eigenvalue weighted by Gasteiger charge is -2.41. The van der Waals surface area contributed by atoms with Crippen LogP contribution in [0.15, 0.2) is 0 Å². The Morgan fingerprint density at radius 3 is 2.80 bits per heavy atom. The van der Waals surface area contributed by atoms with Crippen molar-refractivity contribution in [1.82, 2.24) is 0 Å². The van der Waals surface area contributed by atoms with Crippen LogP contribution in [0, 0.1) is 23.2 Å². The van der Waals surface area contributed by atoms with Gasteiger partial charge in [-0.15, -0.1) is 0 Å². The van der Waals surface area contributed by atoms with Gasteiger partial charge in [-0.05, 0) is 25.7 Å². The van der Waals surface area contributed by atoms with Gasteiger partial charge in [-0.1, -0.05) is 13.8 Å². The van der Waals surface area contributed by atoms with Gasteiger partial charge in [0, 0.05) is 11.3 Å². The number of hydrogen-bond donors (Lipinski definition) is 0. The van der Waals surface area contributed by atoms with Crippen molar-refractivity contribution in [3.8, 4) is 0 Å². The van der Waals surface area contributed by atoms with Crippen LogP contribution in [0.2, 0.25) is 0 Å². The molecule has 1 heterocycles. The Hall–Kier alpha value is -0.860. The van der Waals surface area contributed by atoms with E-state index in [9.17, 15) is 9.59 Å². The number of rotatable bonds is 1. The Morgan fingerprint density at radius 1 is 1.53 bits per heavy atom. The van der Waals surface area contributed by atoms with Crippen LogP contribution >= 0.6 is 0 Å². The molecule has 4 unspecified atom stereocenters. The Balaban J connectivity index is 2.24. The van der Waals surface area contributed by atoms with E-state index in [1.165, 1.54) is 0 Å². The Kier molecular flexibility index (Phi) is 2.36. The minimum atomic E-state index is -0.329. The van der Waals surface area contributed by atoms with Gasteiger partial charge >= 0.3 is 5.97 Å². The van der Waals surface area contributed by atoms with Crippen molar-refractivity contribution >= 4 is 11.8 Å². The molecule has 0 radical (unpaired) electrons. The fourth-order valence-electron chi connectivity index (χ4n) is 2.95. The van der Waals surface area contributed by atoms with Crippen molar-refractivity contribution in [2.45, 2.75) is 33.6 Å². The maximum Gasteiger partial charge on any atom is 0.309 e. The number of ketones is 1. The summed E-state index contributed by atoms with van der Waals surface area (Å²) in [5, 5.41) is 0. The molecule has 0 bridgehead atoms. The highest BCUT2D eigenvalue weighted by atomic mass is 16.5. The summed E-state index contributed by atoms with van der Waals surface area (Å²) >= 11 is 0. The van der Waals surface area contributed by atoms with E-state index in [2.05, 4.69) is 6.92 Å². The zero-order chi connectivity index (χ0) is 11.2. The molecule has 2 rings (SSSR count). The van der Waals surface area contributed by atoms with Gasteiger partial charge in [0.2, 0.25) is 0 Å². The van der Waals surface area contributed by atoms with Gasteiger partial charge in [0.25, 0.3) is 0 Å². The smallest absolute Gasteiger partial charge is 0.309 e. The zero-order valence-electron chi connectivity index (χ0n) is 9.58. The molecule has 1 saturated carbocycles. The van der Waals surface area contributed by atoms with Gasteiger partial charge in [-0.2, -0.15) is 0 Å². The van der Waals surface area contributed by atoms with Gasteiger partial charge in [0.05, 0.1) is 12.5 Å². The lowest BCUT2D eigenvalue weighted by molar-refractivity contribution is -0.144. The molecular formula is C12H18O3. The molecule has 3 nitrogen and oxygen atoms in total. The first kappa shape index (κ1) is 10.7. The average molecular weight is 210 g/mol. The topological polar surface area (TPSA) is 43.4 Å². The first-order chi connectivity index (χ1) is 6.95. The van der Waals surface area contributed by atoms with Crippen LogP contribution in [0.1, 0.15) is 33.6 Å². The molecule has 0 aromatic rings. The average Bonchev–Trinajstić information content (AvgIpc) is 2.49. The van der Waals surface area contributed by atoms with Gasteiger partial charge in [-0.25, -0.2) is 0 Å². The van der Waals surface area contributed by atoms with E-state index in [1.807, 2.05) is 6.92 Å². The summed E-state index contributed by atoms with van der Waals surface area (Å²) in [5.74, 6) is 0.772. The Labute approximate surface area is 90.2 Å². The largest absolute Gasteiger partial charge is 0.465 e. The summed E-state index contributed by atoms with van der Waals surface area (Å²) in [7, 11) is 0. The van der Waals surface area contributed by atoms with Crippen molar-refractivity contribution in [2.75, 3.05) is 6.61 Å². The van der Waals surface area contributed by atoms with Gasteiger partial charge in [0.1, 0.15) is 5.78 Å². The van der Waals surface area contributed by atoms with Crippen LogP contribution in [0.4, 0.5) is 0 Å². The normalized spacial score (nSPS) is 44.7. The summed E-state index contributed by atoms with van der Waals surface area (Å²) in [6.07, 6.45) is 1.61. The molecule has 1 aliphatic carbocycles. The van der Waals surface area contributed by atoms with Crippen LogP contribution in [-0.4, -0.2) is 18.4 Å². The summed E-state index contributed by atoms with van der Waals surface area (Å²) in [6, 6.07) is 0. The van der Waals surface area contributed by atoms with Crippen molar-refractivity contribution in [1.29, 1.82) is 0 Å². The molecule has 0 aromatic heterocycles. The third-order valence-electron chi connectivity index (χ3n) is 4.50. The number of cyclic esters (lactones) is 1. The third kappa shape index (κ3) is 1.48. The molecule has 4 atom stereocenters. The predicted molar refractivity (Wildman–Crippen MR) is 55.1 cm³/mol. The standard InChI is InChI=1S/C12H18O3/c1-7-4-9-6-15-11(14)10(9)5-12(7,3)8(2)13/h7,9-10H,4-6H2,1-3H3. The van der Waals surface area contributed by atoms with Crippen molar-refractivity contribution in [3.63, 3.8) is 0 Å². The monoisotopic (exact) mass is 210 g/mol. The highest BCUT2D eigenvalue weighted by Gasteiger charge is 2.51. The second-order valence-electron chi connectivity index (χ2n) is 5.31.